The van der Waals surface area contributed by atoms with Gasteiger partial charge in [-0.05, 0) is 0 Å². The summed E-state index contributed by atoms with van der Waals surface area (Å²) in [6, 6.07) is 6.54. The topological polar surface area (TPSA) is 0 Å². The minimum absolute atomic E-state index is 0.836. The molecular weight excluding hydrogens is 135 g/mol. The van der Waals surface area contributed by atoms with Gasteiger partial charge in [0.05, 0.1) is 0 Å². The van der Waals surface area contributed by atoms with Crippen LogP contribution in [0.2, 0.25) is 0 Å². The number of aryl methyl sites for hydroxylation is 1. The van der Waals surface area contributed by atoms with E-state index in [2.05, 4.69) is 32.0 Å². The van der Waals surface area contributed by atoms with Crippen LogP contribution in [-0.2, 0) is 0 Å². The molecule has 0 saturated carbocycles. The van der Waals surface area contributed by atoms with Gasteiger partial charge in [-0.2, -0.15) is 0 Å². The standard InChI is InChI=1S/C8H9.K/c1-7-5-3-4-6-8(7)2;/h3-5H,1-2H3;. The van der Waals surface area contributed by atoms with Gasteiger partial charge in [-0.3, -0.25) is 0 Å². The van der Waals surface area contributed by atoms with Gasteiger partial charge < -0.3 is 0 Å². The van der Waals surface area contributed by atoms with Crippen LogP contribution in [0.4, 0.5) is 0 Å². The summed E-state index contributed by atoms with van der Waals surface area (Å²) < 4.78 is 1.57. The molecule has 42 valence electrons. The van der Waals surface area contributed by atoms with E-state index in [1.807, 2.05) is 0 Å². The van der Waals surface area contributed by atoms with E-state index in [9.17, 15) is 0 Å². The Labute approximate surface area is 90.2 Å². The summed E-state index contributed by atoms with van der Waals surface area (Å²) in [7, 11) is 0. The predicted molar refractivity (Wildman–Crippen MR) is 41.3 cm³/mol. The summed E-state index contributed by atoms with van der Waals surface area (Å²) in [6.07, 6.45) is 0. The second-order valence-electron chi connectivity index (χ2n) is 2.52. The molecule has 0 amide bonds. The monoisotopic (exact) mass is 144 g/mol. The third-order valence-electron chi connectivity index (χ3n) is 1.88. The molecule has 9 heavy (non-hydrogen) atoms. The Balaban J connectivity index is 3.25. The maximum absolute atomic E-state index is 2.22. The first-order valence-electron chi connectivity index (χ1n) is 3.24. The first kappa shape index (κ1) is 7.96. The van der Waals surface area contributed by atoms with E-state index in [-0.39, 0.29) is 0 Å². The third kappa shape index (κ3) is 1.89. The fourth-order valence-electron chi connectivity index (χ4n) is 0.898. The summed E-state index contributed by atoms with van der Waals surface area (Å²) in [5.74, 6) is 0. The Bertz CT molecular complexity index is 196. The van der Waals surface area contributed by atoms with Crippen LogP contribution in [0.5, 0.6) is 0 Å². The zero-order valence-electron chi connectivity index (χ0n) is 6.23. The van der Waals surface area contributed by atoms with Crippen LogP contribution in [0.1, 0.15) is 11.1 Å². The number of hydrogen-bond acceptors (Lipinski definition) is 0. The molecule has 0 nitrogen and oxygen atoms in total. The fourth-order valence-corrected chi connectivity index (χ4v) is 1.81. The van der Waals surface area contributed by atoms with Crippen molar-refractivity contribution >= 4 is 48.6 Å². The molecule has 0 unspecified atom stereocenters. The number of rotatable bonds is 0. The number of hydrogen-bond donors (Lipinski definition) is 0. The van der Waals surface area contributed by atoms with Gasteiger partial charge >= 0.3 is 91.8 Å². The Hall–Kier alpha value is 0.856. The van der Waals surface area contributed by atoms with E-state index in [4.69, 9.17) is 0 Å². The first-order chi connectivity index (χ1) is 4.22. The van der Waals surface area contributed by atoms with Gasteiger partial charge in [-0.15, -0.1) is 0 Å². The van der Waals surface area contributed by atoms with E-state index in [0.29, 0.717) is 0 Å². The minimum atomic E-state index is 0.836. The van der Waals surface area contributed by atoms with Crippen molar-refractivity contribution in [3.63, 3.8) is 0 Å². The molecule has 0 aliphatic rings. The van der Waals surface area contributed by atoms with Crippen molar-refractivity contribution in [1.82, 2.24) is 0 Å². The van der Waals surface area contributed by atoms with Crippen molar-refractivity contribution in [3.8, 4) is 0 Å². The second-order valence-corrected chi connectivity index (χ2v) is 4.20. The quantitative estimate of drug-likeness (QED) is 0.478. The van der Waals surface area contributed by atoms with E-state index >= 15 is 0 Å². The Kier molecular flexibility index (Phi) is 2.92. The van der Waals surface area contributed by atoms with Crippen molar-refractivity contribution in [1.29, 1.82) is 0 Å². The summed E-state index contributed by atoms with van der Waals surface area (Å²) >= 11 is 0.836. The third-order valence-corrected chi connectivity index (χ3v) is 3.57. The van der Waals surface area contributed by atoms with Gasteiger partial charge in [0.1, 0.15) is 0 Å². The molecule has 1 aromatic carbocycles. The zero-order valence-corrected chi connectivity index (χ0v) is 9.36. The van der Waals surface area contributed by atoms with Crippen molar-refractivity contribution < 1.29 is 0 Å². The van der Waals surface area contributed by atoms with Crippen LogP contribution in [0.15, 0.2) is 18.2 Å². The van der Waals surface area contributed by atoms with E-state index in [1.54, 1.807) is -0.342 Å². The summed E-state index contributed by atoms with van der Waals surface area (Å²) in [6.45, 7) is 4.38. The normalized spacial score (nSPS) is 9.78. The van der Waals surface area contributed by atoms with Crippen molar-refractivity contribution in [2.45, 2.75) is 13.8 Å². The summed E-state index contributed by atoms with van der Waals surface area (Å²) in [5, 5.41) is 0. The van der Waals surface area contributed by atoms with Crippen LogP contribution in [-0.4, -0.2) is 49.0 Å². The average molecular weight is 144 g/mol. The van der Waals surface area contributed by atoms with Crippen LogP contribution in [0.25, 0.3) is 0 Å². The SMILES string of the molecule is Cc1ccc[c]([K])c1C. The molecule has 0 aliphatic heterocycles. The molecule has 0 fully saturated rings. The fraction of sp³-hybridized carbons (Fsp3) is 0.250. The zero-order chi connectivity index (χ0) is 6.85. The molecule has 0 bridgehead atoms. The first-order valence-corrected chi connectivity index (χ1v) is 4.81. The molecular formula is C8H9K. The van der Waals surface area contributed by atoms with E-state index in [0.717, 1.165) is 49.0 Å². The number of benzene rings is 1. The summed E-state index contributed by atoms with van der Waals surface area (Å²) in [4.78, 5) is 0. The van der Waals surface area contributed by atoms with Crippen LogP contribution in [0, 0.1) is 13.8 Å². The molecule has 0 aliphatic carbocycles. The molecule has 1 rings (SSSR count). The van der Waals surface area contributed by atoms with Crippen LogP contribution < -0.4 is -0.342 Å². The van der Waals surface area contributed by atoms with Crippen molar-refractivity contribution in [2.75, 3.05) is 0 Å². The van der Waals surface area contributed by atoms with Crippen molar-refractivity contribution in [2.24, 2.45) is 0 Å². The van der Waals surface area contributed by atoms with E-state index in [1.165, 1.54) is 11.1 Å². The van der Waals surface area contributed by atoms with Gasteiger partial charge in [-0.1, -0.05) is 0 Å². The van der Waals surface area contributed by atoms with Crippen LogP contribution >= 0.6 is 0 Å². The summed E-state index contributed by atoms with van der Waals surface area (Å²) in [5.41, 5.74) is 2.93. The second kappa shape index (κ2) is 3.31. The van der Waals surface area contributed by atoms with Gasteiger partial charge in [0.15, 0.2) is 0 Å². The predicted octanol–water partition coefficient (Wildman–Crippen LogP) is 1.10. The maximum atomic E-state index is 2.22. The Morgan fingerprint density at radius 2 is 1.89 bits per heavy atom. The molecule has 0 saturated heterocycles. The molecule has 1 heteroatoms. The molecule has 0 heterocycles. The molecule has 0 spiro atoms. The Morgan fingerprint density at radius 3 is 2.33 bits per heavy atom. The molecule has 0 atom stereocenters. The van der Waals surface area contributed by atoms with Gasteiger partial charge in [0, 0.05) is 0 Å². The van der Waals surface area contributed by atoms with Gasteiger partial charge in [-0.25, -0.2) is 0 Å². The molecule has 0 N–H and O–H groups in total. The van der Waals surface area contributed by atoms with Gasteiger partial charge in [0.2, 0.25) is 0 Å². The van der Waals surface area contributed by atoms with Crippen molar-refractivity contribution in [3.05, 3.63) is 29.3 Å². The van der Waals surface area contributed by atoms with Gasteiger partial charge in [0.25, 0.3) is 0 Å². The molecule has 1 aromatic rings. The average Bonchev–Trinajstić information content (AvgIpc) is 1.83. The Morgan fingerprint density at radius 1 is 1.22 bits per heavy atom. The molecule has 0 radical (unpaired) electrons. The molecule has 0 aromatic heterocycles. The van der Waals surface area contributed by atoms with E-state index < -0.39 is 0 Å². The van der Waals surface area contributed by atoms with Crippen LogP contribution in [0.3, 0.4) is 0 Å².